The SMILES string of the molecule is CSCC[C@H](NC(=O)[C@H](CC(=O)O)NC(=O)[C@H](CO)NC(=O)[C@@H](N)CC(N)=O)C(=O)N[C@@H](Cc1ccc(O)cc1)C(=O)N1CCC[C@H]1C(=O)N[C@@H](CC(=O)O)C(=O)N[C@@H](CC(C)C)C(=O)N[C@@H](CC(N)=O)C(=O)O. The molecule has 2 rings (SSSR count). The number of amides is 10. The molecule has 18 N–H and O–H groups in total. The Hall–Kier alpha value is -7.60. The monoisotopic (exact) mass is 1070 g/mol. The van der Waals surface area contributed by atoms with Crippen LogP contribution in [0.2, 0.25) is 0 Å². The van der Waals surface area contributed by atoms with Crippen LogP contribution in [-0.4, -0.2) is 187 Å². The van der Waals surface area contributed by atoms with Crippen molar-refractivity contribution in [2.75, 3.05) is 25.2 Å². The van der Waals surface area contributed by atoms with Gasteiger partial charge in [-0.3, -0.25) is 57.5 Å². The van der Waals surface area contributed by atoms with Gasteiger partial charge in [-0.25, -0.2) is 4.79 Å². The molecule has 0 spiro atoms. The van der Waals surface area contributed by atoms with Crippen molar-refractivity contribution in [3.05, 3.63) is 29.8 Å². The molecule has 74 heavy (non-hydrogen) atoms. The summed E-state index contributed by atoms with van der Waals surface area (Å²) in [5.41, 5.74) is 16.1. The zero-order valence-electron chi connectivity index (χ0n) is 40.7. The number of nitrogens with one attached hydrogen (secondary N) is 7. The maximum atomic E-state index is 14.6. The highest BCUT2D eigenvalue weighted by Gasteiger charge is 2.41. The molecule has 1 saturated heterocycles. The fourth-order valence-electron chi connectivity index (χ4n) is 7.36. The highest BCUT2D eigenvalue weighted by molar-refractivity contribution is 7.98. The van der Waals surface area contributed by atoms with Gasteiger partial charge in [0.15, 0.2) is 0 Å². The van der Waals surface area contributed by atoms with Gasteiger partial charge in [0.05, 0.1) is 38.3 Å². The van der Waals surface area contributed by atoms with Crippen molar-refractivity contribution in [2.45, 2.75) is 126 Å². The summed E-state index contributed by atoms with van der Waals surface area (Å²) < 4.78 is 0. The molecule has 0 saturated carbocycles. The quantitative estimate of drug-likeness (QED) is 0.0320. The van der Waals surface area contributed by atoms with E-state index >= 15 is 0 Å². The summed E-state index contributed by atoms with van der Waals surface area (Å²) in [7, 11) is 0. The Bertz CT molecular complexity index is 2240. The number of nitrogens with two attached hydrogens (primary N) is 3. The Morgan fingerprint density at radius 1 is 0.635 bits per heavy atom. The molecule has 0 aliphatic carbocycles. The second-order valence-corrected chi connectivity index (χ2v) is 18.5. The molecule has 0 bridgehead atoms. The predicted octanol–water partition coefficient (Wildman–Crippen LogP) is -5.78. The van der Waals surface area contributed by atoms with Gasteiger partial charge in [-0.1, -0.05) is 26.0 Å². The molecule has 1 aliphatic heterocycles. The van der Waals surface area contributed by atoms with Crippen LogP contribution in [0.15, 0.2) is 24.3 Å². The Morgan fingerprint density at radius 3 is 1.62 bits per heavy atom. The number of phenols is 1. The van der Waals surface area contributed by atoms with E-state index in [2.05, 4.69) is 37.2 Å². The lowest BCUT2D eigenvalue weighted by molar-refractivity contribution is -0.145. The average Bonchev–Trinajstić information content (AvgIpc) is 3.80. The minimum Gasteiger partial charge on any atom is -0.508 e. The fourth-order valence-corrected chi connectivity index (χ4v) is 7.83. The molecule has 29 nitrogen and oxygen atoms in total. The van der Waals surface area contributed by atoms with Gasteiger partial charge < -0.3 is 84.9 Å². The van der Waals surface area contributed by atoms with Crippen LogP contribution < -0.4 is 54.4 Å². The Balaban J connectivity index is 2.45. The number of nitrogens with zero attached hydrogens (tertiary/aromatic N) is 1. The van der Waals surface area contributed by atoms with Crippen LogP contribution in [0.25, 0.3) is 0 Å². The van der Waals surface area contributed by atoms with Crippen LogP contribution in [0, 0.1) is 5.92 Å². The van der Waals surface area contributed by atoms with Gasteiger partial charge in [0.1, 0.15) is 54.1 Å². The average molecular weight is 1070 g/mol. The number of carboxylic acid groups (broad SMARTS) is 3. The van der Waals surface area contributed by atoms with Gasteiger partial charge in [-0.15, -0.1) is 0 Å². The molecule has 10 amide bonds. The highest BCUT2D eigenvalue weighted by Crippen LogP contribution is 2.21. The van der Waals surface area contributed by atoms with Crippen molar-refractivity contribution in [1.82, 2.24) is 42.1 Å². The number of aliphatic carboxylic acids is 3. The zero-order valence-corrected chi connectivity index (χ0v) is 41.5. The summed E-state index contributed by atoms with van der Waals surface area (Å²) in [6.45, 7) is 2.13. The lowest BCUT2D eigenvalue weighted by Gasteiger charge is -2.31. The van der Waals surface area contributed by atoms with E-state index in [0.29, 0.717) is 5.56 Å². The van der Waals surface area contributed by atoms with Gasteiger partial charge in [-0.2, -0.15) is 11.8 Å². The summed E-state index contributed by atoms with van der Waals surface area (Å²) in [4.78, 5) is 168. The summed E-state index contributed by atoms with van der Waals surface area (Å²) >= 11 is 1.23. The molecule has 9 atom stereocenters. The number of primary amides is 2. The van der Waals surface area contributed by atoms with E-state index in [9.17, 15) is 87.9 Å². The number of carbonyl (C=O) groups excluding carboxylic acids is 10. The van der Waals surface area contributed by atoms with Gasteiger partial charge in [0.25, 0.3) is 0 Å². The Labute approximate surface area is 427 Å². The fraction of sp³-hybridized carbons (Fsp3) is 0.568. The summed E-state index contributed by atoms with van der Waals surface area (Å²) in [6.07, 6.45) is -2.25. The maximum Gasteiger partial charge on any atom is 0.326 e. The highest BCUT2D eigenvalue weighted by atomic mass is 32.2. The summed E-state index contributed by atoms with van der Waals surface area (Å²) in [6, 6.07) is -9.44. The van der Waals surface area contributed by atoms with Crippen LogP contribution in [-0.2, 0) is 68.7 Å². The first-order valence-corrected chi connectivity index (χ1v) is 24.4. The number of aliphatic hydroxyl groups is 1. The number of carbonyl (C=O) groups is 13. The molecule has 0 unspecified atom stereocenters. The van der Waals surface area contributed by atoms with E-state index in [1.54, 1.807) is 20.1 Å². The third-order valence-corrected chi connectivity index (χ3v) is 11.7. The largest absolute Gasteiger partial charge is 0.508 e. The summed E-state index contributed by atoms with van der Waals surface area (Å²) in [5.74, 6) is -15.8. The lowest BCUT2D eigenvalue weighted by Crippen LogP contribution is -2.61. The van der Waals surface area contributed by atoms with Crippen LogP contribution >= 0.6 is 11.8 Å². The Morgan fingerprint density at radius 2 is 1.11 bits per heavy atom. The molecule has 0 aromatic heterocycles. The van der Waals surface area contributed by atoms with Crippen LogP contribution in [0.4, 0.5) is 0 Å². The van der Waals surface area contributed by atoms with Crippen molar-refractivity contribution in [2.24, 2.45) is 23.1 Å². The minimum absolute atomic E-state index is 0.0300. The van der Waals surface area contributed by atoms with E-state index in [1.165, 1.54) is 36.0 Å². The minimum atomic E-state index is -1.93. The number of thioether (sulfide) groups is 1. The smallest absolute Gasteiger partial charge is 0.326 e. The van der Waals surface area contributed by atoms with Crippen LogP contribution in [0.1, 0.15) is 70.8 Å². The standard InChI is InChI=1S/C44H65N11O18S/c1-20(2)13-25(38(66)53-29(44(72)73)16-33(47)59)49-40(68)27(18-35(62)63)51-42(70)31-5-4-11-55(31)43(71)28(14-21-6-8-22(57)9-7-21)52-37(65)24(10-12-74-3)48-39(67)26(17-34(60)61)50-41(69)30(19-56)54-36(64)23(45)15-32(46)58/h6-9,20,23-31,56-57H,4-5,10-19,45H2,1-3H3,(H2,46,58)(H2,47,59)(H,48,67)(H,49,68)(H,50,69)(H,51,70)(H,52,65)(H,53,66)(H,54,64)(H,60,61)(H,62,63)(H,72,73)/t23-,24-,25-,26-,27-,28-,29-,30-,31-/m0/s1. The molecule has 1 aromatic rings. The first-order valence-electron chi connectivity index (χ1n) is 23.0. The van der Waals surface area contributed by atoms with Gasteiger partial charge in [0.2, 0.25) is 59.1 Å². The Kier molecular flexibility index (Phi) is 25.7. The van der Waals surface area contributed by atoms with E-state index < -0.39 is 164 Å². The molecule has 30 heteroatoms. The number of aromatic hydroxyl groups is 1. The van der Waals surface area contributed by atoms with Crippen molar-refractivity contribution in [3.63, 3.8) is 0 Å². The topological polar surface area (TPSA) is 489 Å². The molecule has 1 heterocycles. The van der Waals surface area contributed by atoms with Crippen molar-refractivity contribution < 1.29 is 87.9 Å². The molecule has 1 aliphatic rings. The van der Waals surface area contributed by atoms with E-state index in [1.807, 2.05) is 0 Å². The molecule has 1 fully saturated rings. The molecule has 0 radical (unpaired) electrons. The van der Waals surface area contributed by atoms with Gasteiger partial charge in [-0.05, 0) is 61.3 Å². The number of phenolic OH excluding ortho intramolecular Hbond substituents is 1. The molecular formula is C44H65N11O18S. The van der Waals surface area contributed by atoms with Gasteiger partial charge >= 0.3 is 17.9 Å². The normalized spacial score (nSPS) is 16.3. The first-order chi connectivity index (χ1) is 34.7. The lowest BCUT2D eigenvalue weighted by atomic mass is 10.0. The number of aliphatic hydroxyl groups excluding tert-OH is 1. The number of likely N-dealkylation sites (tertiary alicyclic amines) is 1. The molecular weight excluding hydrogens is 1000 g/mol. The second-order valence-electron chi connectivity index (χ2n) is 17.6. The molecule has 1 aromatic carbocycles. The van der Waals surface area contributed by atoms with E-state index in [4.69, 9.17) is 17.2 Å². The van der Waals surface area contributed by atoms with Gasteiger partial charge in [0, 0.05) is 13.0 Å². The number of hydrogen-bond acceptors (Lipinski definition) is 17. The van der Waals surface area contributed by atoms with Crippen molar-refractivity contribution in [1.29, 1.82) is 0 Å². The third kappa shape index (κ3) is 21.2. The first kappa shape index (κ1) is 62.5. The number of rotatable bonds is 32. The van der Waals surface area contributed by atoms with Crippen molar-refractivity contribution >= 4 is 88.7 Å². The number of benzene rings is 1. The summed E-state index contributed by atoms with van der Waals surface area (Å²) in [5, 5.41) is 64.5. The second kappa shape index (κ2) is 30.4. The predicted molar refractivity (Wildman–Crippen MR) is 257 cm³/mol. The molecule has 410 valence electrons. The zero-order chi connectivity index (χ0) is 56.0. The van der Waals surface area contributed by atoms with Crippen molar-refractivity contribution in [3.8, 4) is 5.75 Å². The third-order valence-electron chi connectivity index (χ3n) is 11.0. The van der Waals surface area contributed by atoms with E-state index in [0.717, 1.165) is 4.90 Å². The maximum absolute atomic E-state index is 14.6. The van der Waals surface area contributed by atoms with E-state index in [-0.39, 0.29) is 56.1 Å². The van der Waals surface area contributed by atoms with Crippen LogP contribution in [0.5, 0.6) is 5.75 Å². The van der Waals surface area contributed by atoms with Crippen LogP contribution in [0.3, 0.4) is 0 Å². The number of carboxylic acids is 3. The number of hydrogen-bond donors (Lipinski definition) is 15.